The summed E-state index contributed by atoms with van der Waals surface area (Å²) in [5, 5.41) is 2.13. The standard InChI is InChI=1S/C47H40F3N3O3S2/c1-33-19-21-37(22-20-33)52(34-13-7-5-8-14-34)45-32-39(26-30-46(45)56-58(54,55)47(48,49)50)51(36-23-27-40(28-24-36)57(2,3)4)38-25-29-42-41-17-11-12-18-43(41)53(44(42)31-38)35-15-9-6-10-16-35/h5-32H,1-4H3. The van der Waals surface area contributed by atoms with Crippen LogP contribution in [0.1, 0.15) is 5.56 Å². The van der Waals surface area contributed by atoms with E-state index in [1.807, 2.05) is 90.7 Å². The second kappa shape index (κ2) is 15.0. The largest absolute Gasteiger partial charge is 0.534 e. The van der Waals surface area contributed by atoms with Crippen molar-refractivity contribution in [2.75, 3.05) is 28.6 Å². The Bertz CT molecular complexity index is 2860. The number of hydrogen-bond acceptors (Lipinski definition) is 5. The molecule has 7 aromatic carbocycles. The zero-order valence-corrected chi connectivity index (χ0v) is 33.8. The van der Waals surface area contributed by atoms with E-state index in [0.29, 0.717) is 17.1 Å². The predicted molar refractivity (Wildman–Crippen MR) is 234 cm³/mol. The Morgan fingerprint density at radius 3 is 1.71 bits per heavy atom. The van der Waals surface area contributed by atoms with Crippen LogP contribution < -0.4 is 14.0 Å². The van der Waals surface area contributed by atoms with Gasteiger partial charge in [-0.05, 0) is 128 Å². The number of alkyl halides is 3. The van der Waals surface area contributed by atoms with Gasteiger partial charge in [0.2, 0.25) is 0 Å². The average Bonchev–Trinajstić information content (AvgIpc) is 3.53. The summed E-state index contributed by atoms with van der Waals surface area (Å²) >= 11 is 0. The van der Waals surface area contributed by atoms with Gasteiger partial charge in [0.25, 0.3) is 0 Å². The molecule has 0 unspecified atom stereocenters. The van der Waals surface area contributed by atoms with Crippen LogP contribution in [-0.2, 0) is 10.1 Å². The fraction of sp³-hybridized carbons (Fsp3) is 0.106. The molecule has 0 spiro atoms. The number of para-hydroxylation sites is 3. The van der Waals surface area contributed by atoms with Crippen LogP contribution in [-0.4, -0.2) is 37.3 Å². The minimum atomic E-state index is -6.04. The zero-order chi connectivity index (χ0) is 40.8. The van der Waals surface area contributed by atoms with Crippen molar-refractivity contribution in [3.8, 4) is 11.4 Å². The number of benzene rings is 7. The molecule has 0 fully saturated rings. The van der Waals surface area contributed by atoms with Crippen LogP contribution in [0.15, 0.2) is 175 Å². The minimum Gasteiger partial charge on any atom is -0.374 e. The first-order valence-electron chi connectivity index (χ1n) is 18.4. The Morgan fingerprint density at radius 1 is 0.534 bits per heavy atom. The molecule has 11 heteroatoms. The summed E-state index contributed by atoms with van der Waals surface area (Å²) in [5.41, 5.74) is 1.65. The summed E-state index contributed by atoms with van der Waals surface area (Å²) in [6, 6.07) is 53.9. The highest BCUT2D eigenvalue weighted by Gasteiger charge is 2.49. The van der Waals surface area contributed by atoms with Gasteiger partial charge in [-0.15, -0.1) is 0 Å². The number of nitrogens with zero attached hydrogens (tertiary/aromatic N) is 3. The maximum atomic E-state index is 13.9. The molecule has 0 amide bonds. The molecule has 294 valence electrons. The molecule has 0 radical (unpaired) electrons. The van der Waals surface area contributed by atoms with Crippen LogP contribution in [0, 0.1) is 6.92 Å². The van der Waals surface area contributed by atoms with E-state index in [1.165, 1.54) is 11.0 Å². The van der Waals surface area contributed by atoms with Crippen LogP contribution >= 0.6 is 10.0 Å². The second-order valence-corrected chi connectivity index (χ2v) is 20.4. The van der Waals surface area contributed by atoms with Crippen LogP contribution in [0.3, 0.4) is 0 Å². The second-order valence-electron chi connectivity index (χ2n) is 14.7. The van der Waals surface area contributed by atoms with Gasteiger partial charge in [-0.25, -0.2) is 10.0 Å². The quantitative estimate of drug-likeness (QED) is 0.102. The number of halogens is 3. The van der Waals surface area contributed by atoms with Crippen molar-refractivity contribution in [2.24, 2.45) is 0 Å². The Morgan fingerprint density at radius 2 is 1.05 bits per heavy atom. The molecule has 0 saturated heterocycles. The van der Waals surface area contributed by atoms with Gasteiger partial charge in [0.1, 0.15) is 0 Å². The lowest BCUT2D eigenvalue weighted by Gasteiger charge is -2.31. The lowest BCUT2D eigenvalue weighted by Crippen LogP contribution is -2.28. The van der Waals surface area contributed by atoms with Crippen LogP contribution in [0.4, 0.5) is 47.3 Å². The van der Waals surface area contributed by atoms with Crippen LogP contribution in [0.25, 0.3) is 27.5 Å². The fourth-order valence-corrected chi connectivity index (χ4v) is 8.58. The zero-order valence-electron chi connectivity index (χ0n) is 32.2. The first-order valence-corrected chi connectivity index (χ1v) is 22.7. The van der Waals surface area contributed by atoms with Gasteiger partial charge in [-0.2, -0.15) is 21.6 Å². The van der Waals surface area contributed by atoms with Gasteiger partial charge in [-0.1, -0.05) is 78.4 Å². The van der Waals surface area contributed by atoms with E-state index in [2.05, 4.69) is 71.9 Å². The maximum absolute atomic E-state index is 13.9. The first-order chi connectivity index (χ1) is 27.7. The number of aromatic nitrogens is 1. The third kappa shape index (κ3) is 7.39. The smallest absolute Gasteiger partial charge is 0.374 e. The number of hydrogen-bond donors (Lipinski definition) is 0. The van der Waals surface area contributed by atoms with Crippen molar-refractivity contribution in [3.05, 3.63) is 175 Å². The van der Waals surface area contributed by atoms with E-state index in [4.69, 9.17) is 4.18 Å². The average molecular weight is 816 g/mol. The summed E-state index contributed by atoms with van der Waals surface area (Å²) in [6.07, 6.45) is 6.66. The van der Waals surface area contributed by atoms with Gasteiger partial charge < -0.3 is 18.6 Å². The molecule has 8 aromatic rings. The third-order valence-corrected chi connectivity index (χ3v) is 12.6. The van der Waals surface area contributed by atoms with Crippen LogP contribution in [0.5, 0.6) is 5.75 Å². The van der Waals surface area contributed by atoms with E-state index < -0.39 is 31.4 Å². The Balaban J connectivity index is 1.40. The molecule has 0 aliphatic rings. The van der Waals surface area contributed by atoms with E-state index in [9.17, 15) is 21.6 Å². The van der Waals surface area contributed by atoms with E-state index in [-0.39, 0.29) is 5.69 Å². The molecule has 6 nitrogen and oxygen atoms in total. The Hall–Kier alpha value is -6.17. The lowest BCUT2D eigenvalue weighted by molar-refractivity contribution is -0.0499. The maximum Gasteiger partial charge on any atom is 0.534 e. The molecule has 8 rings (SSSR count). The van der Waals surface area contributed by atoms with Gasteiger partial charge >= 0.3 is 15.6 Å². The predicted octanol–water partition coefficient (Wildman–Crippen LogP) is 13.3. The third-order valence-electron chi connectivity index (χ3n) is 9.96. The first kappa shape index (κ1) is 38.7. The molecule has 0 N–H and O–H groups in total. The molecule has 58 heavy (non-hydrogen) atoms. The van der Waals surface area contributed by atoms with Crippen molar-refractivity contribution in [2.45, 2.75) is 17.3 Å². The Labute approximate surface area is 337 Å². The monoisotopic (exact) mass is 815 g/mol. The molecule has 0 aliphatic heterocycles. The van der Waals surface area contributed by atoms with Crippen molar-refractivity contribution in [3.63, 3.8) is 0 Å². The normalized spacial score (nSPS) is 12.5. The summed E-state index contributed by atoms with van der Waals surface area (Å²) < 4.78 is 74.3. The van der Waals surface area contributed by atoms with E-state index in [1.54, 1.807) is 41.3 Å². The van der Waals surface area contributed by atoms with Crippen LogP contribution in [0.2, 0.25) is 0 Å². The molecular formula is C47H40F3N3O3S2. The van der Waals surface area contributed by atoms with Crippen molar-refractivity contribution >= 4 is 76.1 Å². The molecule has 0 bridgehead atoms. The molecule has 0 aliphatic carbocycles. The van der Waals surface area contributed by atoms with Gasteiger partial charge in [0, 0.05) is 44.9 Å². The molecular weight excluding hydrogens is 776 g/mol. The van der Waals surface area contributed by atoms with Gasteiger partial charge in [-0.3, -0.25) is 0 Å². The highest BCUT2D eigenvalue weighted by atomic mass is 32.3. The minimum absolute atomic E-state index is 0.0839. The number of rotatable bonds is 10. The summed E-state index contributed by atoms with van der Waals surface area (Å²) in [5.74, 6) is -0.489. The van der Waals surface area contributed by atoms with E-state index in [0.717, 1.165) is 44.4 Å². The molecule has 1 aromatic heterocycles. The van der Waals surface area contributed by atoms with Crippen molar-refractivity contribution < 1.29 is 25.8 Å². The summed E-state index contributed by atoms with van der Waals surface area (Å²) in [6.45, 7) is 1.93. The van der Waals surface area contributed by atoms with Crippen molar-refractivity contribution in [1.82, 2.24) is 4.57 Å². The highest BCUT2D eigenvalue weighted by Crippen LogP contribution is 2.49. The van der Waals surface area contributed by atoms with E-state index >= 15 is 0 Å². The molecule has 0 saturated carbocycles. The fourth-order valence-electron chi connectivity index (χ4n) is 7.16. The number of fused-ring (bicyclic) bond motifs is 3. The van der Waals surface area contributed by atoms with Gasteiger partial charge in [0.15, 0.2) is 5.75 Å². The Kier molecular flexibility index (Phi) is 9.98. The summed E-state index contributed by atoms with van der Waals surface area (Å²) in [4.78, 5) is 4.93. The number of anilines is 6. The number of aryl methyl sites for hydroxylation is 1. The van der Waals surface area contributed by atoms with Crippen molar-refractivity contribution in [1.29, 1.82) is 0 Å². The van der Waals surface area contributed by atoms with Gasteiger partial charge in [0.05, 0.1) is 16.7 Å². The SMILES string of the molecule is Cc1ccc(N(c2ccccc2)c2cc(N(c3ccc(S(C)(C)C)cc3)c3ccc4c5ccccc5n(-c5ccccc5)c4c3)ccc2OS(=O)(=O)C(F)(F)F)cc1. The highest BCUT2D eigenvalue weighted by molar-refractivity contribution is 8.32. The molecule has 1 heterocycles. The lowest BCUT2D eigenvalue weighted by atomic mass is 10.1. The summed E-state index contributed by atoms with van der Waals surface area (Å²) in [7, 11) is -7.11. The topological polar surface area (TPSA) is 54.8 Å². The molecule has 0 atom stereocenters.